The third kappa shape index (κ3) is 2.25. The molecule has 0 bridgehead atoms. The number of hydrogen-bond donors (Lipinski definition) is 2. The van der Waals surface area contributed by atoms with Crippen molar-refractivity contribution >= 4 is 0 Å². The Labute approximate surface area is 83.5 Å². The molecule has 2 rings (SSSR count). The quantitative estimate of drug-likeness (QED) is 0.762. The molecule has 1 aromatic carbocycles. The molecule has 0 saturated heterocycles. The smallest absolute Gasteiger partial charge is 0.115 e. The summed E-state index contributed by atoms with van der Waals surface area (Å²) in [6.45, 7) is 0.609. The number of rotatable bonds is 3. The van der Waals surface area contributed by atoms with E-state index >= 15 is 0 Å². The van der Waals surface area contributed by atoms with Gasteiger partial charge >= 0.3 is 0 Å². The van der Waals surface area contributed by atoms with E-state index in [1.807, 2.05) is 12.1 Å². The van der Waals surface area contributed by atoms with Crippen LogP contribution in [0.25, 0.3) is 0 Å². The summed E-state index contributed by atoms with van der Waals surface area (Å²) in [6.07, 6.45) is 2.27. The monoisotopic (exact) mass is 193 g/mol. The summed E-state index contributed by atoms with van der Waals surface area (Å²) in [7, 11) is 0. The second kappa shape index (κ2) is 3.98. The van der Waals surface area contributed by atoms with Crippen molar-refractivity contribution in [3.63, 3.8) is 0 Å². The van der Waals surface area contributed by atoms with Gasteiger partial charge in [0.05, 0.1) is 12.7 Å². The van der Waals surface area contributed by atoms with E-state index in [1.165, 1.54) is 0 Å². The molecule has 14 heavy (non-hydrogen) atoms. The van der Waals surface area contributed by atoms with E-state index in [2.05, 4.69) is 0 Å². The van der Waals surface area contributed by atoms with E-state index in [9.17, 15) is 0 Å². The lowest BCUT2D eigenvalue weighted by atomic mass is 9.90. The van der Waals surface area contributed by atoms with Gasteiger partial charge in [0, 0.05) is 6.04 Å². The molecule has 1 fully saturated rings. The van der Waals surface area contributed by atoms with Crippen molar-refractivity contribution in [2.24, 2.45) is 5.73 Å². The van der Waals surface area contributed by atoms with Crippen molar-refractivity contribution in [1.29, 1.82) is 0 Å². The summed E-state index contributed by atoms with van der Waals surface area (Å²) < 4.78 is 5.61. The molecule has 3 nitrogen and oxygen atoms in total. The van der Waals surface area contributed by atoms with Crippen LogP contribution in [0.15, 0.2) is 24.3 Å². The molecule has 1 aliphatic carbocycles. The Morgan fingerprint density at radius 1 is 1.29 bits per heavy atom. The van der Waals surface area contributed by atoms with Crippen LogP contribution < -0.4 is 5.73 Å². The van der Waals surface area contributed by atoms with Crippen LogP contribution in [0, 0.1) is 0 Å². The number of ether oxygens (including phenoxy) is 1. The van der Waals surface area contributed by atoms with Gasteiger partial charge in [0.2, 0.25) is 0 Å². The van der Waals surface area contributed by atoms with Crippen LogP contribution in [0.4, 0.5) is 0 Å². The summed E-state index contributed by atoms with van der Waals surface area (Å²) in [5.74, 6) is 0.291. The van der Waals surface area contributed by atoms with Crippen LogP contribution >= 0.6 is 0 Å². The lowest BCUT2D eigenvalue weighted by molar-refractivity contribution is -0.0188. The van der Waals surface area contributed by atoms with Crippen molar-refractivity contribution in [2.75, 3.05) is 0 Å². The highest BCUT2D eigenvalue weighted by atomic mass is 16.5. The zero-order chi connectivity index (χ0) is 9.97. The topological polar surface area (TPSA) is 55.5 Å². The minimum absolute atomic E-state index is 0.291. The number of phenols is 1. The van der Waals surface area contributed by atoms with Crippen molar-refractivity contribution < 1.29 is 9.84 Å². The number of phenolic OH excluding ortho intramolecular Hbond substituents is 1. The Morgan fingerprint density at radius 3 is 2.50 bits per heavy atom. The Hall–Kier alpha value is -1.06. The molecule has 0 heterocycles. The predicted octanol–water partition coefficient (Wildman–Crippen LogP) is 1.40. The van der Waals surface area contributed by atoms with E-state index < -0.39 is 0 Å². The summed E-state index contributed by atoms with van der Waals surface area (Å²) >= 11 is 0. The lowest BCUT2D eigenvalue weighted by Crippen LogP contribution is -2.41. The van der Waals surface area contributed by atoms with E-state index in [1.54, 1.807) is 12.1 Å². The van der Waals surface area contributed by atoms with E-state index in [-0.39, 0.29) is 0 Å². The highest BCUT2D eigenvalue weighted by Crippen LogP contribution is 2.22. The number of benzene rings is 1. The average Bonchev–Trinajstić information content (AvgIpc) is 2.13. The summed E-state index contributed by atoms with van der Waals surface area (Å²) in [5, 5.41) is 9.07. The van der Waals surface area contributed by atoms with Crippen LogP contribution in [-0.4, -0.2) is 17.3 Å². The van der Waals surface area contributed by atoms with Gasteiger partial charge < -0.3 is 15.6 Å². The number of aromatic hydroxyl groups is 1. The van der Waals surface area contributed by atoms with Crippen LogP contribution in [-0.2, 0) is 11.3 Å². The van der Waals surface area contributed by atoms with Gasteiger partial charge in [-0.25, -0.2) is 0 Å². The highest BCUT2D eigenvalue weighted by molar-refractivity contribution is 5.25. The normalized spacial score (nSPS) is 25.8. The molecule has 76 valence electrons. The van der Waals surface area contributed by atoms with Gasteiger partial charge in [0.1, 0.15) is 5.75 Å². The Balaban J connectivity index is 1.78. The van der Waals surface area contributed by atoms with Gasteiger partial charge in [-0.2, -0.15) is 0 Å². The fourth-order valence-corrected chi connectivity index (χ4v) is 1.55. The fraction of sp³-hybridized carbons (Fsp3) is 0.455. The Morgan fingerprint density at radius 2 is 1.93 bits per heavy atom. The molecular weight excluding hydrogens is 178 g/mol. The molecule has 0 atom stereocenters. The molecule has 1 aromatic rings. The van der Waals surface area contributed by atoms with Gasteiger partial charge in [-0.1, -0.05) is 12.1 Å². The number of hydrogen-bond acceptors (Lipinski definition) is 3. The molecule has 3 heteroatoms. The second-order valence-corrected chi connectivity index (χ2v) is 3.83. The van der Waals surface area contributed by atoms with E-state index in [0.717, 1.165) is 18.4 Å². The van der Waals surface area contributed by atoms with Crippen molar-refractivity contribution in [2.45, 2.75) is 31.6 Å². The maximum absolute atomic E-state index is 9.07. The molecule has 0 amide bonds. The molecule has 0 unspecified atom stereocenters. The largest absolute Gasteiger partial charge is 0.508 e. The molecule has 0 spiro atoms. The molecular formula is C11H15NO2. The zero-order valence-corrected chi connectivity index (χ0v) is 8.02. The number of nitrogens with two attached hydrogens (primary N) is 1. The first-order valence-corrected chi connectivity index (χ1v) is 4.89. The minimum Gasteiger partial charge on any atom is -0.508 e. The molecule has 0 radical (unpaired) electrons. The van der Waals surface area contributed by atoms with Crippen molar-refractivity contribution in [3.8, 4) is 5.75 Å². The van der Waals surface area contributed by atoms with E-state index in [4.69, 9.17) is 15.6 Å². The Kier molecular flexibility index (Phi) is 2.70. The maximum Gasteiger partial charge on any atom is 0.115 e. The van der Waals surface area contributed by atoms with Gasteiger partial charge in [-0.3, -0.25) is 0 Å². The van der Waals surface area contributed by atoms with Crippen LogP contribution in [0.3, 0.4) is 0 Å². The molecule has 0 aromatic heterocycles. The standard InChI is InChI=1S/C11H15NO2/c12-9-5-11(6-9)14-7-8-1-3-10(13)4-2-8/h1-4,9,11,13H,5-7,12H2. The van der Waals surface area contributed by atoms with Crippen LogP contribution in [0.1, 0.15) is 18.4 Å². The average molecular weight is 193 g/mol. The minimum atomic E-state index is 0.291. The van der Waals surface area contributed by atoms with Gasteiger partial charge in [0.15, 0.2) is 0 Å². The molecule has 1 saturated carbocycles. The third-order valence-electron chi connectivity index (χ3n) is 2.55. The Bertz CT molecular complexity index is 291. The van der Waals surface area contributed by atoms with Gasteiger partial charge in [-0.05, 0) is 30.5 Å². The fourth-order valence-electron chi connectivity index (χ4n) is 1.55. The highest BCUT2D eigenvalue weighted by Gasteiger charge is 2.26. The molecule has 1 aliphatic rings. The van der Waals surface area contributed by atoms with E-state index in [0.29, 0.717) is 24.5 Å². The second-order valence-electron chi connectivity index (χ2n) is 3.83. The summed E-state index contributed by atoms with van der Waals surface area (Å²) in [6, 6.07) is 7.41. The lowest BCUT2D eigenvalue weighted by Gasteiger charge is -2.32. The third-order valence-corrected chi connectivity index (χ3v) is 2.55. The summed E-state index contributed by atoms with van der Waals surface area (Å²) in [5.41, 5.74) is 6.73. The first-order valence-electron chi connectivity index (χ1n) is 4.89. The van der Waals surface area contributed by atoms with Crippen LogP contribution in [0.5, 0.6) is 5.75 Å². The first-order chi connectivity index (χ1) is 6.74. The maximum atomic E-state index is 9.07. The van der Waals surface area contributed by atoms with Gasteiger partial charge in [-0.15, -0.1) is 0 Å². The van der Waals surface area contributed by atoms with Gasteiger partial charge in [0.25, 0.3) is 0 Å². The molecule has 3 N–H and O–H groups in total. The summed E-state index contributed by atoms with van der Waals surface area (Å²) in [4.78, 5) is 0. The predicted molar refractivity (Wildman–Crippen MR) is 53.9 cm³/mol. The zero-order valence-electron chi connectivity index (χ0n) is 8.02. The molecule has 0 aliphatic heterocycles. The van der Waals surface area contributed by atoms with Crippen molar-refractivity contribution in [1.82, 2.24) is 0 Å². The first kappa shape index (κ1) is 9.49. The van der Waals surface area contributed by atoms with Crippen LogP contribution in [0.2, 0.25) is 0 Å². The van der Waals surface area contributed by atoms with Crippen molar-refractivity contribution in [3.05, 3.63) is 29.8 Å². The SMILES string of the molecule is NC1CC(OCc2ccc(O)cc2)C1.